The van der Waals surface area contributed by atoms with Crippen molar-refractivity contribution in [3.05, 3.63) is 78.9 Å². The molecule has 0 radical (unpaired) electrons. The van der Waals surface area contributed by atoms with Crippen LogP contribution in [0, 0.1) is 0 Å². The lowest BCUT2D eigenvalue weighted by molar-refractivity contribution is -0.122. The van der Waals surface area contributed by atoms with Crippen LogP contribution in [0.1, 0.15) is 6.92 Å². The molecule has 3 rings (SSSR count). The minimum absolute atomic E-state index is 0.121. The van der Waals surface area contributed by atoms with Crippen molar-refractivity contribution in [2.75, 3.05) is 24.4 Å². The van der Waals surface area contributed by atoms with Gasteiger partial charge in [0, 0.05) is 11.4 Å². The lowest BCUT2D eigenvalue weighted by Crippen LogP contribution is -2.30. The van der Waals surface area contributed by atoms with Crippen LogP contribution in [0.4, 0.5) is 11.4 Å². The van der Waals surface area contributed by atoms with Crippen LogP contribution in [-0.2, 0) is 9.59 Å². The first-order valence-corrected chi connectivity index (χ1v) is 9.73. The fraction of sp³-hybridized carbons (Fsp3) is 0.167. The van der Waals surface area contributed by atoms with Crippen LogP contribution < -0.4 is 24.8 Å². The van der Waals surface area contributed by atoms with Crippen LogP contribution in [0.5, 0.6) is 17.2 Å². The molecule has 0 saturated carbocycles. The number of nitrogens with one attached hydrogen (secondary N) is 2. The second kappa shape index (κ2) is 10.7. The van der Waals surface area contributed by atoms with Gasteiger partial charge in [0.25, 0.3) is 11.8 Å². The topological polar surface area (TPSA) is 85.9 Å². The molecule has 160 valence electrons. The third-order valence-corrected chi connectivity index (χ3v) is 4.27. The lowest BCUT2D eigenvalue weighted by Gasteiger charge is -2.17. The first-order chi connectivity index (χ1) is 15.0. The third kappa shape index (κ3) is 6.50. The summed E-state index contributed by atoms with van der Waals surface area (Å²) in [6.45, 7) is 1.53. The van der Waals surface area contributed by atoms with Crippen LogP contribution >= 0.6 is 0 Å². The SMILES string of the molecule is COc1ccccc1OC(C)C(=O)Nc1cccc(NC(=O)COc2ccccc2)c1. The molecule has 0 aliphatic heterocycles. The van der Waals surface area contributed by atoms with E-state index >= 15 is 0 Å². The largest absolute Gasteiger partial charge is 0.493 e. The van der Waals surface area contributed by atoms with Crippen molar-refractivity contribution in [1.29, 1.82) is 0 Å². The van der Waals surface area contributed by atoms with Crippen LogP contribution in [0.25, 0.3) is 0 Å². The van der Waals surface area contributed by atoms with Crippen molar-refractivity contribution in [3.63, 3.8) is 0 Å². The Kier molecular flexibility index (Phi) is 7.48. The Labute approximate surface area is 180 Å². The summed E-state index contributed by atoms with van der Waals surface area (Å²) in [5, 5.41) is 5.53. The summed E-state index contributed by atoms with van der Waals surface area (Å²) in [6.07, 6.45) is -0.756. The van der Waals surface area contributed by atoms with Gasteiger partial charge < -0.3 is 24.8 Å². The molecule has 0 aromatic heterocycles. The number of hydrogen-bond acceptors (Lipinski definition) is 5. The Morgan fingerprint density at radius 2 is 1.48 bits per heavy atom. The predicted octanol–water partition coefficient (Wildman–Crippen LogP) is 4.12. The Morgan fingerprint density at radius 1 is 0.839 bits per heavy atom. The Hall–Kier alpha value is -4.00. The van der Waals surface area contributed by atoms with Crippen molar-refractivity contribution >= 4 is 23.2 Å². The van der Waals surface area contributed by atoms with Crippen LogP contribution in [0.3, 0.4) is 0 Å². The summed E-state index contributed by atoms with van der Waals surface area (Å²) in [4.78, 5) is 24.7. The van der Waals surface area contributed by atoms with Gasteiger partial charge in [0.2, 0.25) is 0 Å². The van der Waals surface area contributed by atoms with Gasteiger partial charge in [0.1, 0.15) is 5.75 Å². The van der Waals surface area contributed by atoms with Gasteiger partial charge in [-0.2, -0.15) is 0 Å². The number of amides is 2. The molecule has 7 nitrogen and oxygen atoms in total. The number of carbonyl (C=O) groups excluding carboxylic acids is 2. The van der Waals surface area contributed by atoms with Crippen molar-refractivity contribution in [1.82, 2.24) is 0 Å². The molecule has 3 aromatic rings. The maximum Gasteiger partial charge on any atom is 0.265 e. The molecular formula is C24H24N2O5. The first-order valence-electron chi connectivity index (χ1n) is 9.73. The van der Waals surface area contributed by atoms with E-state index in [1.807, 2.05) is 24.3 Å². The average Bonchev–Trinajstić information content (AvgIpc) is 2.79. The van der Waals surface area contributed by atoms with Gasteiger partial charge in [-0.3, -0.25) is 9.59 Å². The van der Waals surface area contributed by atoms with Gasteiger partial charge >= 0.3 is 0 Å². The smallest absolute Gasteiger partial charge is 0.265 e. The van der Waals surface area contributed by atoms with E-state index in [9.17, 15) is 9.59 Å². The molecule has 0 saturated heterocycles. The maximum absolute atomic E-state index is 12.5. The number of para-hydroxylation sites is 3. The molecule has 3 aromatic carbocycles. The van der Waals surface area contributed by atoms with Crippen molar-refractivity contribution in [3.8, 4) is 17.2 Å². The zero-order valence-electron chi connectivity index (χ0n) is 17.3. The molecule has 0 aliphatic rings. The molecule has 1 unspecified atom stereocenters. The van der Waals surface area contributed by atoms with Crippen molar-refractivity contribution in [2.45, 2.75) is 13.0 Å². The summed E-state index contributed by atoms with van der Waals surface area (Å²) in [6, 6.07) is 23.0. The van der Waals surface area contributed by atoms with Crippen LogP contribution in [-0.4, -0.2) is 31.6 Å². The molecular weight excluding hydrogens is 396 g/mol. The first kappa shape index (κ1) is 21.7. The Bertz CT molecular complexity index is 1020. The fourth-order valence-corrected chi connectivity index (χ4v) is 2.74. The molecule has 0 aliphatic carbocycles. The monoisotopic (exact) mass is 420 g/mol. The number of anilines is 2. The van der Waals surface area contributed by atoms with Gasteiger partial charge in [-0.05, 0) is 49.4 Å². The Morgan fingerprint density at radius 3 is 2.19 bits per heavy atom. The minimum atomic E-state index is -0.756. The number of rotatable bonds is 9. The van der Waals surface area contributed by atoms with Crippen molar-refractivity contribution < 1.29 is 23.8 Å². The van der Waals surface area contributed by atoms with Gasteiger partial charge in [-0.25, -0.2) is 0 Å². The molecule has 1 atom stereocenters. The molecule has 2 amide bonds. The molecule has 31 heavy (non-hydrogen) atoms. The number of benzene rings is 3. The number of ether oxygens (including phenoxy) is 3. The summed E-state index contributed by atoms with van der Waals surface area (Å²) < 4.78 is 16.4. The fourth-order valence-electron chi connectivity index (χ4n) is 2.74. The van der Waals surface area contributed by atoms with E-state index in [0.29, 0.717) is 28.6 Å². The molecule has 0 fully saturated rings. The summed E-state index contributed by atoms with van der Waals surface area (Å²) >= 11 is 0. The van der Waals surface area contributed by atoms with Gasteiger partial charge in [0.15, 0.2) is 24.2 Å². The predicted molar refractivity (Wildman–Crippen MR) is 119 cm³/mol. The number of carbonyl (C=O) groups is 2. The van der Waals surface area contributed by atoms with E-state index in [-0.39, 0.29) is 18.4 Å². The molecule has 0 bridgehead atoms. The van der Waals surface area contributed by atoms with E-state index in [0.717, 1.165) is 0 Å². The minimum Gasteiger partial charge on any atom is -0.493 e. The zero-order valence-corrected chi connectivity index (χ0v) is 17.3. The van der Waals surface area contributed by atoms with Gasteiger partial charge in [0.05, 0.1) is 7.11 Å². The normalized spacial score (nSPS) is 11.2. The highest BCUT2D eigenvalue weighted by molar-refractivity contribution is 5.96. The van der Waals surface area contributed by atoms with Crippen LogP contribution in [0.15, 0.2) is 78.9 Å². The Balaban J connectivity index is 1.54. The van der Waals surface area contributed by atoms with Crippen molar-refractivity contribution in [2.24, 2.45) is 0 Å². The standard InChI is InChI=1S/C24H24N2O5/c1-17(31-22-14-7-6-13-21(22)29-2)24(28)26-19-10-8-9-18(15-19)25-23(27)16-30-20-11-4-3-5-12-20/h3-15,17H,16H2,1-2H3,(H,25,27)(H,26,28). The molecule has 2 N–H and O–H groups in total. The van der Waals surface area contributed by atoms with Crippen LogP contribution in [0.2, 0.25) is 0 Å². The highest BCUT2D eigenvalue weighted by Crippen LogP contribution is 2.27. The average molecular weight is 420 g/mol. The molecule has 0 spiro atoms. The summed E-state index contributed by atoms with van der Waals surface area (Å²) in [5.74, 6) is 1.00. The third-order valence-electron chi connectivity index (χ3n) is 4.27. The van der Waals surface area contributed by atoms with Gasteiger partial charge in [-0.15, -0.1) is 0 Å². The lowest BCUT2D eigenvalue weighted by atomic mass is 10.2. The van der Waals surface area contributed by atoms with E-state index in [4.69, 9.17) is 14.2 Å². The van der Waals surface area contributed by atoms with Gasteiger partial charge in [-0.1, -0.05) is 36.4 Å². The summed E-state index contributed by atoms with van der Waals surface area (Å²) in [7, 11) is 1.54. The quantitative estimate of drug-likeness (QED) is 0.544. The maximum atomic E-state index is 12.5. The highest BCUT2D eigenvalue weighted by Gasteiger charge is 2.17. The van der Waals surface area contributed by atoms with E-state index < -0.39 is 6.10 Å². The van der Waals surface area contributed by atoms with E-state index in [2.05, 4.69) is 10.6 Å². The molecule has 0 heterocycles. The highest BCUT2D eigenvalue weighted by atomic mass is 16.5. The summed E-state index contributed by atoms with van der Waals surface area (Å²) in [5.41, 5.74) is 1.07. The molecule has 7 heteroatoms. The van der Waals surface area contributed by atoms with E-state index in [1.54, 1.807) is 61.5 Å². The van der Waals surface area contributed by atoms with E-state index in [1.165, 1.54) is 7.11 Å². The second-order valence-corrected chi connectivity index (χ2v) is 6.63. The zero-order chi connectivity index (χ0) is 22.1. The number of methoxy groups -OCH3 is 1. The number of hydrogen-bond donors (Lipinski definition) is 2. The second-order valence-electron chi connectivity index (χ2n) is 6.63.